The lowest BCUT2D eigenvalue weighted by molar-refractivity contribution is 0.199. The molecule has 22 heavy (non-hydrogen) atoms. The maximum Gasteiger partial charge on any atom is 0.354 e. The first-order chi connectivity index (χ1) is 10.7. The lowest BCUT2D eigenvalue weighted by Gasteiger charge is -2.15. The van der Waals surface area contributed by atoms with Gasteiger partial charge in [0.25, 0.3) is 0 Å². The summed E-state index contributed by atoms with van der Waals surface area (Å²) in [6.45, 7) is 0.499. The van der Waals surface area contributed by atoms with Crippen LogP contribution in [0.5, 0.6) is 0 Å². The number of allylic oxidation sites excluding steroid dienone is 1. The fourth-order valence-corrected chi connectivity index (χ4v) is 3.51. The molecule has 0 bridgehead atoms. The molecule has 0 amide bonds. The van der Waals surface area contributed by atoms with Crippen LogP contribution in [0.2, 0.25) is 0 Å². The van der Waals surface area contributed by atoms with Crippen molar-refractivity contribution in [3.05, 3.63) is 83.7 Å². The maximum absolute atomic E-state index is 12.8. The highest BCUT2D eigenvalue weighted by atomic mass is 79.9. The summed E-state index contributed by atoms with van der Waals surface area (Å²) in [4.78, 5) is 0. The second kappa shape index (κ2) is 9.06. The van der Waals surface area contributed by atoms with Crippen LogP contribution in [-0.2, 0) is 26.8 Å². The molecule has 0 radical (unpaired) electrons. The van der Waals surface area contributed by atoms with Gasteiger partial charge in [0, 0.05) is 11.1 Å². The molecule has 116 valence electrons. The highest BCUT2D eigenvalue weighted by Gasteiger charge is 2.21. The fraction of sp³-hybridized carbons (Fsp3) is 0.176. The summed E-state index contributed by atoms with van der Waals surface area (Å²) in [6, 6.07) is 19.2. The average molecular weight is 381 g/mol. The van der Waals surface area contributed by atoms with Crippen LogP contribution < -0.4 is 0 Å². The normalized spacial score (nSPS) is 11.9. The molecule has 3 nitrogen and oxygen atoms in total. The monoisotopic (exact) mass is 380 g/mol. The average Bonchev–Trinajstić information content (AvgIpc) is 2.59. The summed E-state index contributed by atoms with van der Waals surface area (Å²) < 4.78 is 23.9. The molecule has 2 aromatic carbocycles. The van der Waals surface area contributed by atoms with Crippen molar-refractivity contribution in [2.24, 2.45) is 0 Å². The highest BCUT2D eigenvalue weighted by Crippen LogP contribution is 2.51. The van der Waals surface area contributed by atoms with Gasteiger partial charge in [-0.2, -0.15) is 0 Å². The first kappa shape index (κ1) is 17.2. The van der Waals surface area contributed by atoms with E-state index >= 15 is 0 Å². The van der Waals surface area contributed by atoms with E-state index in [2.05, 4.69) is 15.9 Å². The Balaban J connectivity index is 2.00. The van der Waals surface area contributed by atoms with Crippen molar-refractivity contribution in [1.82, 2.24) is 0 Å². The molecule has 2 aromatic rings. The fourth-order valence-electron chi connectivity index (χ4n) is 1.77. The van der Waals surface area contributed by atoms with Crippen LogP contribution in [0.4, 0.5) is 0 Å². The van der Waals surface area contributed by atoms with Crippen molar-refractivity contribution in [2.45, 2.75) is 13.2 Å². The van der Waals surface area contributed by atoms with Crippen LogP contribution in [-0.4, -0.2) is 5.33 Å². The Kier molecular flexibility index (Phi) is 7.07. The van der Waals surface area contributed by atoms with Gasteiger partial charge in [0.05, 0.1) is 13.2 Å². The molecule has 0 aliphatic heterocycles. The van der Waals surface area contributed by atoms with Gasteiger partial charge in [-0.15, -0.1) is 0 Å². The van der Waals surface area contributed by atoms with Gasteiger partial charge in [0.2, 0.25) is 0 Å². The van der Waals surface area contributed by atoms with Gasteiger partial charge < -0.3 is 9.05 Å². The molecule has 0 heterocycles. The van der Waals surface area contributed by atoms with E-state index in [1.54, 1.807) is 6.08 Å². The quantitative estimate of drug-likeness (QED) is 0.446. The van der Waals surface area contributed by atoms with E-state index in [1.165, 1.54) is 5.82 Å². The summed E-state index contributed by atoms with van der Waals surface area (Å²) >= 11 is 3.28. The summed E-state index contributed by atoms with van der Waals surface area (Å²) in [5.41, 5.74) is 1.91. The van der Waals surface area contributed by atoms with E-state index < -0.39 is 7.60 Å². The molecule has 0 aliphatic rings. The van der Waals surface area contributed by atoms with Crippen molar-refractivity contribution < 1.29 is 13.6 Å². The van der Waals surface area contributed by atoms with E-state index in [9.17, 15) is 4.57 Å². The predicted molar refractivity (Wildman–Crippen MR) is 93.0 cm³/mol. The summed E-state index contributed by atoms with van der Waals surface area (Å²) in [5.74, 6) is 1.51. The highest BCUT2D eigenvalue weighted by molar-refractivity contribution is 9.09. The lowest BCUT2D eigenvalue weighted by atomic mass is 10.2. The Morgan fingerprint density at radius 2 is 1.32 bits per heavy atom. The minimum atomic E-state index is -3.28. The van der Waals surface area contributed by atoms with Crippen molar-refractivity contribution in [3.8, 4) is 0 Å². The Morgan fingerprint density at radius 1 is 0.864 bits per heavy atom. The molecule has 0 saturated heterocycles. The van der Waals surface area contributed by atoms with Crippen LogP contribution in [0.15, 0.2) is 72.6 Å². The number of rotatable bonds is 8. The summed E-state index contributed by atoms with van der Waals surface area (Å²) in [6.07, 6.45) is 1.73. The van der Waals surface area contributed by atoms with Crippen LogP contribution in [0.25, 0.3) is 0 Å². The van der Waals surface area contributed by atoms with E-state index in [0.29, 0.717) is 5.33 Å². The maximum atomic E-state index is 12.8. The Bertz CT molecular complexity index is 581. The van der Waals surface area contributed by atoms with Gasteiger partial charge in [-0.25, -0.2) is 0 Å². The number of benzene rings is 2. The molecule has 2 rings (SSSR count). The minimum absolute atomic E-state index is 0.250. The standard InChI is InChI=1S/C17H18BrO3P/c18-12-7-13-22(19,20-14-16-8-3-1-4-9-16)21-15-17-10-5-2-6-11-17/h1-11,13H,12,14-15H2/b13-7+. The molecular formula is C17H18BrO3P. The molecule has 0 atom stereocenters. The van der Waals surface area contributed by atoms with Crippen LogP contribution >= 0.6 is 23.5 Å². The Labute approximate surface area is 139 Å². The number of halogens is 1. The molecule has 0 N–H and O–H groups in total. The van der Waals surface area contributed by atoms with Gasteiger partial charge >= 0.3 is 7.60 Å². The Morgan fingerprint density at radius 3 is 1.73 bits per heavy atom. The number of hydrogen-bond donors (Lipinski definition) is 0. The third kappa shape index (κ3) is 5.90. The smallest absolute Gasteiger partial charge is 0.301 e. The van der Waals surface area contributed by atoms with Crippen molar-refractivity contribution in [2.75, 3.05) is 5.33 Å². The molecule has 0 saturated carbocycles. The van der Waals surface area contributed by atoms with E-state index in [-0.39, 0.29) is 13.2 Å². The van der Waals surface area contributed by atoms with E-state index in [0.717, 1.165) is 11.1 Å². The molecule has 0 spiro atoms. The number of alkyl halides is 1. The van der Waals surface area contributed by atoms with Gasteiger partial charge in [0.1, 0.15) is 0 Å². The second-order valence-electron chi connectivity index (χ2n) is 4.60. The van der Waals surface area contributed by atoms with Gasteiger partial charge in [0.15, 0.2) is 0 Å². The lowest BCUT2D eigenvalue weighted by Crippen LogP contribution is -1.96. The minimum Gasteiger partial charge on any atom is -0.301 e. The molecule has 0 unspecified atom stereocenters. The number of hydrogen-bond acceptors (Lipinski definition) is 3. The summed E-state index contributed by atoms with van der Waals surface area (Å²) in [7, 11) is -3.28. The SMILES string of the molecule is O=P(/C=C/CBr)(OCc1ccccc1)OCc1ccccc1. The zero-order chi connectivity index (χ0) is 15.7. The van der Waals surface area contributed by atoms with Crippen LogP contribution in [0.1, 0.15) is 11.1 Å². The van der Waals surface area contributed by atoms with Gasteiger partial charge in [-0.05, 0) is 11.1 Å². The molecule has 0 aliphatic carbocycles. The predicted octanol–water partition coefficient (Wildman–Crippen LogP) is 5.52. The Hall–Kier alpha value is -1.19. The summed E-state index contributed by atoms with van der Waals surface area (Å²) in [5, 5.41) is 0.598. The largest absolute Gasteiger partial charge is 0.354 e. The molecule has 0 fully saturated rings. The van der Waals surface area contributed by atoms with Gasteiger partial charge in [-0.1, -0.05) is 82.7 Å². The second-order valence-corrected chi connectivity index (χ2v) is 7.14. The van der Waals surface area contributed by atoms with Crippen LogP contribution in [0, 0.1) is 0 Å². The van der Waals surface area contributed by atoms with Crippen LogP contribution in [0.3, 0.4) is 0 Å². The van der Waals surface area contributed by atoms with Crippen molar-refractivity contribution in [3.63, 3.8) is 0 Å². The zero-order valence-electron chi connectivity index (χ0n) is 12.1. The third-order valence-electron chi connectivity index (χ3n) is 2.89. The molecular weight excluding hydrogens is 363 g/mol. The zero-order valence-corrected chi connectivity index (χ0v) is 14.6. The first-order valence-electron chi connectivity index (χ1n) is 6.92. The third-order valence-corrected chi connectivity index (χ3v) is 4.81. The van der Waals surface area contributed by atoms with E-state index in [1.807, 2.05) is 60.7 Å². The topological polar surface area (TPSA) is 35.5 Å². The van der Waals surface area contributed by atoms with E-state index in [4.69, 9.17) is 9.05 Å². The van der Waals surface area contributed by atoms with Crippen molar-refractivity contribution in [1.29, 1.82) is 0 Å². The molecule has 5 heteroatoms. The van der Waals surface area contributed by atoms with Crippen molar-refractivity contribution >= 4 is 23.5 Å². The first-order valence-corrected chi connectivity index (χ1v) is 9.65. The molecule has 0 aromatic heterocycles. The van der Waals surface area contributed by atoms with Gasteiger partial charge in [-0.3, -0.25) is 4.57 Å².